The third-order valence-electron chi connectivity index (χ3n) is 4.02. The second kappa shape index (κ2) is 10.0. The number of nitrogens with zero attached hydrogens (tertiary/aromatic N) is 3. The maximum atomic E-state index is 12.4. The number of carbonyl (C=O) groups excluding carboxylic acids is 1. The number of ether oxygens (including phenoxy) is 1. The van der Waals surface area contributed by atoms with Crippen molar-refractivity contribution in [3.05, 3.63) is 52.5 Å². The lowest BCUT2D eigenvalue weighted by Gasteiger charge is -2.11. The first-order chi connectivity index (χ1) is 14.0. The molecule has 0 spiro atoms. The van der Waals surface area contributed by atoms with Crippen LogP contribution in [0.2, 0.25) is 10.0 Å². The number of carbonyl (C=O) groups is 1. The molecule has 152 valence electrons. The van der Waals surface area contributed by atoms with Crippen molar-refractivity contribution in [1.82, 2.24) is 14.8 Å². The van der Waals surface area contributed by atoms with Crippen LogP contribution in [-0.2, 0) is 11.3 Å². The van der Waals surface area contributed by atoms with Crippen molar-refractivity contribution in [2.75, 3.05) is 17.7 Å². The molecule has 1 heterocycles. The smallest absolute Gasteiger partial charge is 0.234 e. The first-order valence-electron chi connectivity index (χ1n) is 9.07. The highest BCUT2D eigenvalue weighted by Gasteiger charge is 2.18. The number of thioether (sulfide) groups is 1. The van der Waals surface area contributed by atoms with Gasteiger partial charge in [-0.05, 0) is 38.1 Å². The highest BCUT2D eigenvalue weighted by molar-refractivity contribution is 7.99. The minimum Gasteiger partial charge on any atom is -0.493 e. The predicted molar refractivity (Wildman–Crippen MR) is 118 cm³/mol. The lowest BCUT2D eigenvalue weighted by Crippen LogP contribution is -2.15. The van der Waals surface area contributed by atoms with Crippen molar-refractivity contribution in [3.8, 4) is 17.1 Å². The Morgan fingerprint density at radius 2 is 1.93 bits per heavy atom. The van der Waals surface area contributed by atoms with Gasteiger partial charge in [-0.1, -0.05) is 53.2 Å². The molecule has 29 heavy (non-hydrogen) atoms. The average Bonchev–Trinajstić information content (AvgIpc) is 3.13. The van der Waals surface area contributed by atoms with Gasteiger partial charge in [0.15, 0.2) is 11.0 Å². The van der Waals surface area contributed by atoms with Crippen molar-refractivity contribution in [3.63, 3.8) is 0 Å². The quantitative estimate of drug-likeness (QED) is 0.465. The van der Waals surface area contributed by atoms with Gasteiger partial charge in [0.1, 0.15) is 5.75 Å². The Kier molecular flexibility index (Phi) is 7.41. The number of rotatable bonds is 8. The van der Waals surface area contributed by atoms with E-state index in [0.29, 0.717) is 39.9 Å². The molecule has 1 aromatic heterocycles. The maximum Gasteiger partial charge on any atom is 0.234 e. The molecule has 0 saturated heterocycles. The van der Waals surface area contributed by atoms with Crippen molar-refractivity contribution >= 4 is 46.6 Å². The number of amides is 1. The summed E-state index contributed by atoms with van der Waals surface area (Å²) in [6.07, 6.45) is 0. The molecule has 0 saturated carbocycles. The van der Waals surface area contributed by atoms with Gasteiger partial charge >= 0.3 is 0 Å². The second-order valence-electron chi connectivity index (χ2n) is 5.92. The van der Waals surface area contributed by atoms with E-state index in [0.717, 1.165) is 11.3 Å². The van der Waals surface area contributed by atoms with Gasteiger partial charge in [-0.3, -0.25) is 4.79 Å². The van der Waals surface area contributed by atoms with Crippen LogP contribution in [0, 0.1) is 0 Å². The van der Waals surface area contributed by atoms with Crippen LogP contribution in [0.1, 0.15) is 13.8 Å². The highest BCUT2D eigenvalue weighted by Crippen LogP contribution is 2.32. The summed E-state index contributed by atoms with van der Waals surface area (Å²) in [7, 11) is 0. The van der Waals surface area contributed by atoms with Gasteiger partial charge < -0.3 is 14.6 Å². The standard InChI is InChI=1S/C20H20Cl2N4O2S/c1-3-26-19(13-8-5-6-11-16(13)28-4-2)24-25-20(26)29-12-17(27)23-15-10-7-9-14(21)18(15)22/h5-11H,3-4,12H2,1-2H3,(H,23,27). The topological polar surface area (TPSA) is 69.0 Å². The predicted octanol–water partition coefficient (Wildman–Crippen LogP) is 5.40. The highest BCUT2D eigenvalue weighted by atomic mass is 35.5. The Bertz CT molecular complexity index is 1010. The summed E-state index contributed by atoms with van der Waals surface area (Å²) in [6, 6.07) is 12.8. The summed E-state index contributed by atoms with van der Waals surface area (Å²) in [5, 5.41) is 12.7. The monoisotopic (exact) mass is 450 g/mol. The first-order valence-corrected chi connectivity index (χ1v) is 10.8. The van der Waals surface area contributed by atoms with Crippen LogP contribution >= 0.6 is 35.0 Å². The molecular formula is C20H20Cl2N4O2S. The maximum absolute atomic E-state index is 12.4. The summed E-state index contributed by atoms with van der Waals surface area (Å²) in [5.74, 6) is 1.41. The third kappa shape index (κ3) is 5.04. The molecule has 3 aromatic rings. The molecule has 0 radical (unpaired) electrons. The number of para-hydroxylation sites is 1. The van der Waals surface area contributed by atoms with E-state index in [1.165, 1.54) is 11.8 Å². The Hall–Kier alpha value is -2.22. The summed E-state index contributed by atoms with van der Waals surface area (Å²) in [5.41, 5.74) is 1.35. The number of hydrogen-bond donors (Lipinski definition) is 1. The van der Waals surface area contributed by atoms with Crippen molar-refractivity contribution in [2.24, 2.45) is 0 Å². The summed E-state index contributed by atoms with van der Waals surface area (Å²) >= 11 is 13.4. The molecule has 1 amide bonds. The Labute approximate surface area is 183 Å². The van der Waals surface area contributed by atoms with Gasteiger partial charge in [-0.15, -0.1) is 10.2 Å². The van der Waals surface area contributed by atoms with Gasteiger partial charge in [0.25, 0.3) is 0 Å². The average molecular weight is 451 g/mol. The fraction of sp³-hybridized carbons (Fsp3) is 0.250. The van der Waals surface area contributed by atoms with E-state index in [1.54, 1.807) is 18.2 Å². The minimum atomic E-state index is -0.207. The number of benzene rings is 2. The van der Waals surface area contributed by atoms with Crippen LogP contribution in [0.25, 0.3) is 11.4 Å². The molecule has 0 aliphatic carbocycles. The molecule has 0 fully saturated rings. The number of halogens is 2. The first kappa shape index (κ1) is 21.5. The minimum absolute atomic E-state index is 0.161. The lowest BCUT2D eigenvalue weighted by molar-refractivity contribution is -0.113. The van der Waals surface area contributed by atoms with Crippen LogP contribution < -0.4 is 10.1 Å². The van der Waals surface area contributed by atoms with E-state index in [9.17, 15) is 4.79 Å². The Morgan fingerprint density at radius 3 is 2.69 bits per heavy atom. The van der Waals surface area contributed by atoms with Gasteiger partial charge in [-0.2, -0.15) is 0 Å². The second-order valence-corrected chi connectivity index (χ2v) is 7.65. The van der Waals surface area contributed by atoms with Gasteiger partial charge in [0.05, 0.1) is 33.7 Å². The molecule has 9 heteroatoms. The zero-order chi connectivity index (χ0) is 20.8. The van der Waals surface area contributed by atoms with Gasteiger partial charge in [-0.25, -0.2) is 0 Å². The molecule has 0 aliphatic rings. The number of aromatic nitrogens is 3. The van der Waals surface area contributed by atoms with Crippen molar-refractivity contribution in [1.29, 1.82) is 0 Å². The normalized spacial score (nSPS) is 10.8. The molecule has 0 aliphatic heterocycles. The number of hydrogen-bond acceptors (Lipinski definition) is 5. The molecule has 0 unspecified atom stereocenters. The lowest BCUT2D eigenvalue weighted by atomic mass is 10.2. The number of anilines is 1. The van der Waals surface area contributed by atoms with E-state index >= 15 is 0 Å². The van der Waals surface area contributed by atoms with E-state index < -0.39 is 0 Å². The van der Waals surface area contributed by atoms with E-state index in [-0.39, 0.29) is 11.7 Å². The van der Waals surface area contributed by atoms with Crippen LogP contribution in [-0.4, -0.2) is 33.0 Å². The summed E-state index contributed by atoms with van der Waals surface area (Å²) in [4.78, 5) is 12.4. The molecule has 0 bridgehead atoms. The SMILES string of the molecule is CCOc1ccccc1-c1nnc(SCC(=O)Nc2cccc(Cl)c2Cl)n1CC. The molecule has 6 nitrogen and oxygen atoms in total. The molecule has 2 aromatic carbocycles. The summed E-state index contributed by atoms with van der Waals surface area (Å²) in [6.45, 7) is 5.16. The van der Waals surface area contributed by atoms with Gasteiger partial charge in [0, 0.05) is 6.54 Å². The van der Waals surface area contributed by atoms with E-state index in [1.807, 2.05) is 42.7 Å². The fourth-order valence-electron chi connectivity index (χ4n) is 2.73. The molecule has 0 atom stereocenters. The van der Waals surface area contributed by atoms with Crippen LogP contribution in [0.3, 0.4) is 0 Å². The Balaban J connectivity index is 1.74. The third-order valence-corrected chi connectivity index (χ3v) is 5.80. The zero-order valence-corrected chi connectivity index (χ0v) is 18.3. The molecule has 3 rings (SSSR count). The van der Waals surface area contributed by atoms with Gasteiger partial charge in [0.2, 0.25) is 5.91 Å². The largest absolute Gasteiger partial charge is 0.493 e. The van der Waals surface area contributed by atoms with Crippen LogP contribution in [0.5, 0.6) is 5.75 Å². The van der Waals surface area contributed by atoms with Crippen molar-refractivity contribution in [2.45, 2.75) is 25.5 Å². The number of nitrogens with one attached hydrogen (secondary N) is 1. The Morgan fingerprint density at radius 1 is 1.14 bits per heavy atom. The van der Waals surface area contributed by atoms with E-state index in [2.05, 4.69) is 15.5 Å². The van der Waals surface area contributed by atoms with Crippen molar-refractivity contribution < 1.29 is 9.53 Å². The molecular weight excluding hydrogens is 431 g/mol. The summed E-state index contributed by atoms with van der Waals surface area (Å²) < 4.78 is 7.67. The fourth-order valence-corrected chi connectivity index (χ4v) is 3.88. The van der Waals surface area contributed by atoms with Crippen LogP contribution in [0.15, 0.2) is 47.6 Å². The molecule has 1 N–H and O–H groups in total. The van der Waals surface area contributed by atoms with Crippen LogP contribution in [0.4, 0.5) is 5.69 Å². The zero-order valence-electron chi connectivity index (χ0n) is 16.0. The van der Waals surface area contributed by atoms with E-state index in [4.69, 9.17) is 27.9 Å².